The van der Waals surface area contributed by atoms with Crippen molar-refractivity contribution >= 4 is 11.2 Å². The Morgan fingerprint density at radius 3 is 2.56 bits per heavy atom. The molecule has 2 saturated carbocycles. The van der Waals surface area contributed by atoms with E-state index in [4.69, 9.17) is 9.72 Å². The molecule has 1 saturated heterocycles. The first-order chi connectivity index (χ1) is 12.1. The summed E-state index contributed by atoms with van der Waals surface area (Å²) in [6, 6.07) is 0. The molecule has 25 heavy (non-hydrogen) atoms. The van der Waals surface area contributed by atoms with Crippen molar-refractivity contribution < 1.29 is 4.74 Å². The van der Waals surface area contributed by atoms with Crippen LogP contribution in [0.5, 0.6) is 0 Å². The number of rotatable bonds is 5. The summed E-state index contributed by atoms with van der Waals surface area (Å²) in [6.07, 6.45) is 4.73. The zero-order chi connectivity index (χ0) is 17.3. The van der Waals surface area contributed by atoms with E-state index in [1.54, 1.807) is 4.57 Å². The van der Waals surface area contributed by atoms with Crippen molar-refractivity contribution in [2.24, 2.45) is 11.8 Å². The molecule has 0 amide bonds. The molecule has 3 heterocycles. The number of hydrogen-bond donors (Lipinski definition) is 1. The van der Waals surface area contributed by atoms with Gasteiger partial charge in [0.15, 0.2) is 5.65 Å². The summed E-state index contributed by atoms with van der Waals surface area (Å²) in [6.45, 7) is 5.02. The molecule has 2 aliphatic carbocycles. The van der Waals surface area contributed by atoms with Crippen LogP contribution in [0, 0.1) is 11.8 Å². The second-order valence-corrected chi connectivity index (χ2v) is 7.78. The molecule has 1 N–H and O–H groups in total. The van der Waals surface area contributed by atoms with E-state index in [-0.39, 0.29) is 11.2 Å². The number of aromatic nitrogens is 4. The summed E-state index contributed by atoms with van der Waals surface area (Å²) in [5.41, 5.74) is 0.525. The topological polar surface area (TPSA) is 85.2 Å². The van der Waals surface area contributed by atoms with Gasteiger partial charge in [-0.2, -0.15) is 0 Å². The molecule has 5 atom stereocenters. The Morgan fingerprint density at radius 1 is 1.12 bits per heavy atom. The number of H-pyrrole nitrogens is 1. The third-order valence-electron chi connectivity index (χ3n) is 6.22. The first-order valence-electron chi connectivity index (χ1n) is 9.52. The van der Waals surface area contributed by atoms with E-state index < -0.39 is 0 Å². The molecular formula is C18H24N4O3. The first kappa shape index (κ1) is 15.4. The Balaban J connectivity index is 1.65. The number of hydrogen-bond acceptors (Lipinski definition) is 4. The second-order valence-electron chi connectivity index (χ2n) is 7.78. The summed E-state index contributed by atoms with van der Waals surface area (Å²) in [7, 11) is 0. The third kappa shape index (κ3) is 2.05. The quantitative estimate of drug-likeness (QED) is 0.835. The molecular weight excluding hydrogens is 320 g/mol. The molecule has 2 aromatic heterocycles. The molecule has 0 aromatic carbocycles. The zero-order valence-electron chi connectivity index (χ0n) is 14.7. The van der Waals surface area contributed by atoms with E-state index in [2.05, 4.69) is 4.98 Å². The molecule has 5 rings (SSSR count). The van der Waals surface area contributed by atoms with E-state index >= 15 is 0 Å². The number of epoxide rings is 1. The van der Waals surface area contributed by atoms with Gasteiger partial charge < -0.3 is 9.72 Å². The molecule has 7 heteroatoms. The number of nitrogens with one attached hydrogen (secondary N) is 1. The minimum Gasteiger partial charge on any atom is -0.369 e. The lowest BCUT2D eigenvalue weighted by Gasteiger charge is -2.16. The predicted molar refractivity (Wildman–Crippen MR) is 92.8 cm³/mol. The van der Waals surface area contributed by atoms with Gasteiger partial charge in [-0.25, -0.2) is 9.78 Å². The van der Waals surface area contributed by atoms with Gasteiger partial charge in [0.2, 0.25) is 0 Å². The fraction of sp³-hybridized carbons (Fsp3) is 0.722. The average Bonchev–Trinajstić information content (AvgIpc) is 2.99. The average molecular weight is 344 g/mol. The molecule has 1 aliphatic heterocycles. The van der Waals surface area contributed by atoms with Gasteiger partial charge >= 0.3 is 5.69 Å². The minimum atomic E-state index is -0.239. The van der Waals surface area contributed by atoms with Crippen LogP contribution in [0.15, 0.2) is 9.59 Å². The largest absolute Gasteiger partial charge is 0.369 e. The van der Waals surface area contributed by atoms with Crippen LogP contribution in [0.1, 0.15) is 51.3 Å². The lowest BCUT2D eigenvalue weighted by Crippen LogP contribution is -2.40. The Bertz CT molecular complexity index is 956. The molecule has 0 unspecified atom stereocenters. The highest BCUT2D eigenvalue weighted by Crippen LogP contribution is 2.61. The van der Waals surface area contributed by atoms with Gasteiger partial charge in [0.25, 0.3) is 5.56 Å². The van der Waals surface area contributed by atoms with E-state index in [0.717, 1.165) is 25.1 Å². The Morgan fingerprint density at radius 2 is 1.88 bits per heavy atom. The van der Waals surface area contributed by atoms with Crippen LogP contribution in [0.3, 0.4) is 0 Å². The molecule has 3 fully saturated rings. The SMILES string of the molecule is CCCn1c(=O)c2[nH]c([C@H]3C[C@@H]4C[C@H]3[C@H]3O[C@@H]43)nc2n(CCC)c1=O. The van der Waals surface area contributed by atoms with Gasteiger partial charge in [-0.1, -0.05) is 13.8 Å². The smallest absolute Gasteiger partial charge is 0.332 e. The second kappa shape index (κ2) is 5.30. The van der Waals surface area contributed by atoms with Crippen LogP contribution in [-0.4, -0.2) is 31.3 Å². The van der Waals surface area contributed by atoms with Crippen molar-refractivity contribution in [1.29, 1.82) is 0 Å². The molecule has 3 aliphatic rings. The number of fused-ring (bicyclic) bond motifs is 6. The Hall–Kier alpha value is -1.89. The van der Waals surface area contributed by atoms with Gasteiger partial charge in [-0.15, -0.1) is 0 Å². The molecule has 2 aromatic rings. The molecule has 0 radical (unpaired) electrons. The number of aryl methyl sites for hydroxylation is 1. The summed E-state index contributed by atoms with van der Waals surface area (Å²) < 4.78 is 8.77. The fourth-order valence-electron chi connectivity index (χ4n) is 5.12. The fourth-order valence-corrected chi connectivity index (χ4v) is 5.12. The van der Waals surface area contributed by atoms with Crippen molar-refractivity contribution in [2.45, 2.75) is 70.7 Å². The van der Waals surface area contributed by atoms with Crippen molar-refractivity contribution in [2.75, 3.05) is 0 Å². The molecule has 7 nitrogen and oxygen atoms in total. The number of aromatic amines is 1. The van der Waals surface area contributed by atoms with E-state index in [9.17, 15) is 9.59 Å². The predicted octanol–water partition coefficient (Wildman–Crippen LogP) is 1.60. The van der Waals surface area contributed by atoms with E-state index in [1.807, 2.05) is 13.8 Å². The summed E-state index contributed by atoms with van der Waals surface area (Å²) >= 11 is 0. The van der Waals surface area contributed by atoms with Crippen molar-refractivity contribution in [3.8, 4) is 0 Å². The molecule has 2 bridgehead atoms. The lowest BCUT2D eigenvalue weighted by atomic mass is 9.88. The summed E-state index contributed by atoms with van der Waals surface area (Å²) in [4.78, 5) is 33.6. The first-order valence-corrected chi connectivity index (χ1v) is 9.52. The van der Waals surface area contributed by atoms with Crippen LogP contribution >= 0.6 is 0 Å². The molecule has 0 spiro atoms. The van der Waals surface area contributed by atoms with Gasteiger partial charge in [0, 0.05) is 19.0 Å². The zero-order valence-corrected chi connectivity index (χ0v) is 14.7. The van der Waals surface area contributed by atoms with E-state index in [1.165, 1.54) is 11.0 Å². The highest BCUT2D eigenvalue weighted by atomic mass is 16.6. The third-order valence-corrected chi connectivity index (χ3v) is 6.22. The van der Waals surface area contributed by atoms with Crippen LogP contribution in [-0.2, 0) is 17.8 Å². The lowest BCUT2D eigenvalue weighted by molar-refractivity contribution is 0.260. The minimum absolute atomic E-state index is 0.238. The maximum absolute atomic E-state index is 12.8. The standard InChI is InChI=1S/C18H24N4O3/c1-3-5-21-16-12(17(23)22(6-4-2)18(21)24)19-15(20-16)11-8-9-7-10(11)14-13(9)25-14/h9-11,13-14H,3-8H2,1-2H3,(H,19,20)/t9-,10+,11-,13-,14+/m0/s1. The Labute approximate surface area is 145 Å². The van der Waals surface area contributed by atoms with Gasteiger partial charge in [0.1, 0.15) is 11.3 Å². The maximum Gasteiger partial charge on any atom is 0.332 e. The number of nitrogens with zero attached hydrogens (tertiary/aromatic N) is 3. The van der Waals surface area contributed by atoms with Gasteiger partial charge in [-0.3, -0.25) is 13.9 Å². The van der Waals surface area contributed by atoms with Crippen LogP contribution in [0.4, 0.5) is 0 Å². The van der Waals surface area contributed by atoms with Crippen LogP contribution < -0.4 is 11.2 Å². The van der Waals surface area contributed by atoms with Gasteiger partial charge in [-0.05, 0) is 37.5 Å². The highest BCUT2D eigenvalue weighted by molar-refractivity contribution is 5.70. The normalized spacial score (nSPS) is 32.5. The highest BCUT2D eigenvalue weighted by Gasteiger charge is 2.63. The van der Waals surface area contributed by atoms with Crippen molar-refractivity contribution in [3.63, 3.8) is 0 Å². The number of imidazole rings is 1. The monoisotopic (exact) mass is 344 g/mol. The van der Waals surface area contributed by atoms with E-state index in [0.29, 0.717) is 54.2 Å². The van der Waals surface area contributed by atoms with Crippen molar-refractivity contribution in [1.82, 2.24) is 19.1 Å². The van der Waals surface area contributed by atoms with Gasteiger partial charge in [0.05, 0.1) is 12.2 Å². The van der Waals surface area contributed by atoms with Crippen LogP contribution in [0.2, 0.25) is 0 Å². The summed E-state index contributed by atoms with van der Waals surface area (Å²) in [5.74, 6) is 2.35. The van der Waals surface area contributed by atoms with Crippen molar-refractivity contribution in [3.05, 3.63) is 26.7 Å². The Kier molecular flexibility index (Phi) is 3.26. The number of ether oxygens (including phenoxy) is 1. The van der Waals surface area contributed by atoms with Crippen LogP contribution in [0.25, 0.3) is 11.2 Å². The maximum atomic E-state index is 12.8. The summed E-state index contributed by atoms with van der Waals surface area (Å²) in [5, 5.41) is 0. The molecule has 134 valence electrons.